The molecule has 1 saturated heterocycles. The van der Waals surface area contributed by atoms with Crippen molar-refractivity contribution in [2.75, 3.05) is 32.7 Å². The van der Waals surface area contributed by atoms with Gasteiger partial charge in [0.25, 0.3) is 0 Å². The van der Waals surface area contributed by atoms with Crippen LogP contribution in [0.4, 0.5) is 0 Å². The van der Waals surface area contributed by atoms with E-state index < -0.39 is 10.0 Å². The summed E-state index contributed by atoms with van der Waals surface area (Å²) in [5.41, 5.74) is 0. The van der Waals surface area contributed by atoms with E-state index in [0.29, 0.717) is 6.54 Å². The van der Waals surface area contributed by atoms with E-state index in [1.54, 1.807) is 23.1 Å². The summed E-state index contributed by atoms with van der Waals surface area (Å²) in [6.07, 6.45) is 1.10. The summed E-state index contributed by atoms with van der Waals surface area (Å²) in [6, 6.07) is 12.6. The molecule has 0 aromatic heterocycles. The summed E-state index contributed by atoms with van der Waals surface area (Å²) in [4.78, 5) is 14.2. The number of amides is 1. The van der Waals surface area contributed by atoms with Crippen molar-refractivity contribution < 1.29 is 13.2 Å². The van der Waals surface area contributed by atoms with Crippen molar-refractivity contribution in [2.24, 2.45) is 0 Å². The first kappa shape index (κ1) is 20.6. The minimum atomic E-state index is -3.62. The Kier molecular flexibility index (Phi) is 7.40. The normalized spacial score (nSPS) is 15.3. The first-order valence-corrected chi connectivity index (χ1v) is 10.0. The van der Waals surface area contributed by atoms with Gasteiger partial charge in [-0.15, -0.1) is 12.4 Å². The third-order valence-electron chi connectivity index (χ3n) is 4.35. The summed E-state index contributed by atoms with van der Waals surface area (Å²) < 4.78 is 27.4. The smallest absolute Gasteiger partial charge is 0.240 e. The lowest BCUT2D eigenvalue weighted by molar-refractivity contribution is -0.130. The van der Waals surface area contributed by atoms with E-state index in [1.807, 2.05) is 24.3 Å². The Morgan fingerprint density at radius 3 is 2.65 bits per heavy atom. The van der Waals surface area contributed by atoms with Crippen molar-refractivity contribution >= 4 is 39.1 Å². The molecule has 1 aliphatic rings. The van der Waals surface area contributed by atoms with Gasteiger partial charge in [-0.05, 0) is 35.9 Å². The fourth-order valence-electron chi connectivity index (χ4n) is 2.96. The second-order valence-corrected chi connectivity index (χ2v) is 7.91. The van der Waals surface area contributed by atoms with Crippen LogP contribution in [0, 0.1) is 0 Å². The largest absolute Gasteiger partial charge is 0.341 e. The Hall–Kier alpha value is -1.67. The number of carbonyl (C=O) groups is 1. The standard InChI is InChI=1S/C18H23N3O3S.ClH/c22-18(21-12-3-9-19-11-13-21)8-10-20-25(23,24)17-7-6-15-4-1-2-5-16(15)14-17;/h1-2,4-7,14,19-20H,3,8-13H2;1H. The molecule has 0 atom stereocenters. The Bertz CT molecular complexity index is 850. The molecule has 142 valence electrons. The number of hydrogen-bond donors (Lipinski definition) is 2. The van der Waals surface area contributed by atoms with Crippen molar-refractivity contribution in [3.63, 3.8) is 0 Å². The van der Waals surface area contributed by atoms with Gasteiger partial charge in [-0.25, -0.2) is 13.1 Å². The zero-order valence-corrected chi connectivity index (χ0v) is 16.1. The average Bonchev–Trinajstić information content (AvgIpc) is 2.90. The maximum Gasteiger partial charge on any atom is 0.240 e. The number of nitrogens with one attached hydrogen (secondary N) is 2. The molecule has 26 heavy (non-hydrogen) atoms. The molecular formula is C18H24ClN3O3S. The molecule has 1 heterocycles. The van der Waals surface area contributed by atoms with Crippen LogP contribution in [0.1, 0.15) is 12.8 Å². The van der Waals surface area contributed by atoms with Gasteiger partial charge in [-0.1, -0.05) is 30.3 Å². The molecule has 1 amide bonds. The van der Waals surface area contributed by atoms with Crippen LogP contribution in [-0.4, -0.2) is 51.9 Å². The first-order valence-electron chi connectivity index (χ1n) is 8.53. The van der Waals surface area contributed by atoms with E-state index in [-0.39, 0.29) is 36.2 Å². The van der Waals surface area contributed by atoms with Crippen molar-refractivity contribution in [1.29, 1.82) is 0 Å². The van der Waals surface area contributed by atoms with Crippen LogP contribution in [0.5, 0.6) is 0 Å². The van der Waals surface area contributed by atoms with E-state index >= 15 is 0 Å². The van der Waals surface area contributed by atoms with Gasteiger partial charge in [0.15, 0.2) is 0 Å². The van der Waals surface area contributed by atoms with Crippen LogP contribution < -0.4 is 10.0 Å². The van der Waals surface area contributed by atoms with E-state index in [1.165, 1.54) is 0 Å². The summed E-state index contributed by atoms with van der Waals surface area (Å²) >= 11 is 0. The highest BCUT2D eigenvalue weighted by molar-refractivity contribution is 7.89. The molecule has 0 aliphatic carbocycles. The van der Waals surface area contributed by atoms with Crippen LogP contribution in [0.25, 0.3) is 10.8 Å². The molecule has 3 rings (SSSR count). The zero-order chi connectivity index (χ0) is 17.7. The average molecular weight is 398 g/mol. The van der Waals surface area contributed by atoms with Gasteiger partial charge >= 0.3 is 0 Å². The highest BCUT2D eigenvalue weighted by Crippen LogP contribution is 2.18. The summed E-state index contributed by atoms with van der Waals surface area (Å²) in [5.74, 6) is -0.00934. The molecule has 2 aromatic rings. The SMILES string of the molecule is Cl.O=C(CCNS(=O)(=O)c1ccc2ccccc2c1)N1CCCNCC1. The fraction of sp³-hybridized carbons (Fsp3) is 0.389. The Balaban J connectivity index is 0.00000243. The Labute approximate surface area is 160 Å². The van der Waals surface area contributed by atoms with Gasteiger partial charge in [0.2, 0.25) is 15.9 Å². The van der Waals surface area contributed by atoms with E-state index in [9.17, 15) is 13.2 Å². The van der Waals surface area contributed by atoms with Crippen LogP contribution in [-0.2, 0) is 14.8 Å². The van der Waals surface area contributed by atoms with Crippen LogP contribution in [0.3, 0.4) is 0 Å². The molecule has 0 spiro atoms. The third kappa shape index (κ3) is 5.17. The summed E-state index contributed by atoms with van der Waals surface area (Å²) in [7, 11) is -3.62. The second-order valence-electron chi connectivity index (χ2n) is 6.14. The number of halogens is 1. The topological polar surface area (TPSA) is 78.5 Å². The maximum absolute atomic E-state index is 12.4. The first-order chi connectivity index (χ1) is 12.1. The molecule has 2 aromatic carbocycles. The van der Waals surface area contributed by atoms with Gasteiger partial charge in [-0.3, -0.25) is 4.79 Å². The molecule has 0 saturated carbocycles. The molecule has 0 unspecified atom stereocenters. The molecule has 1 fully saturated rings. The lowest BCUT2D eigenvalue weighted by Crippen LogP contribution is -2.36. The summed E-state index contributed by atoms with van der Waals surface area (Å²) in [5, 5.41) is 5.11. The monoisotopic (exact) mass is 397 g/mol. The maximum atomic E-state index is 12.4. The van der Waals surface area contributed by atoms with Crippen molar-refractivity contribution in [1.82, 2.24) is 14.9 Å². The predicted octanol–water partition coefficient (Wildman–Crippen LogP) is 1.75. The van der Waals surface area contributed by atoms with Gasteiger partial charge in [0, 0.05) is 32.6 Å². The van der Waals surface area contributed by atoms with Gasteiger partial charge < -0.3 is 10.2 Å². The van der Waals surface area contributed by atoms with Crippen LogP contribution >= 0.6 is 12.4 Å². The van der Waals surface area contributed by atoms with Crippen LogP contribution in [0.15, 0.2) is 47.4 Å². The molecule has 1 aliphatic heterocycles. The number of carbonyl (C=O) groups excluding carboxylic acids is 1. The number of hydrogen-bond acceptors (Lipinski definition) is 4. The predicted molar refractivity (Wildman–Crippen MR) is 105 cm³/mol. The fourth-order valence-corrected chi connectivity index (χ4v) is 4.03. The Morgan fingerprint density at radius 2 is 1.85 bits per heavy atom. The number of sulfonamides is 1. The molecule has 0 radical (unpaired) electrons. The number of fused-ring (bicyclic) bond motifs is 1. The van der Waals surface area contributed by atoms with Crippen LogP contribution in [0.2, 0.25) is 0 Å². The van der Waals surface area contributed by atoms with E-state index in [2.05, 4.69) is 10.0 Å². The van der Waals surface area contributed by atoms with Gasteiger partial charge in [0.1, 0.15) is 0 Å². The molecule has 0 bridgehead atoms. The Morgan fingerprint density at radius 1 is 1.08 bits per heavy atom. The molecule has 2 N–H and O–H groups in total. The number of benzene rings is 2. The minimum Gasteiger partial charge on any atom is -0.341 e. The van der Waals surface area contributed by atoms with E-state index in [0.717, 1.165) is 36.8 Å². The molecule has 8 heteroatoms. The quantitative estimate of drug-likeness (QED) is 0.805. The van der Waals surface area contributed by atoms with Gasteiger partial charge in [-0.2, -0.15) is 0 Å². The minimum absolute atomic E-state index is 0. The lowest BCUT2D eigenvalue weighted by atomic mass is 10.1. The summed E-state index contributed by atoms with van der Waals surface area (Å²) in [6.45, 7) is 3.21. The second kappa shape index (κ2) is 9.32. The van der Waals surface area contributed by atoms with Gasteiger partial charge in [0.05, 0.1) is 4.90 Å². The third-order valence-corrected chi connectivity index (χ3v) is 5.81. The number of nitrogens with zero attached hydrogens (tertiary/aromatic N) is 1. The number of rotatable bonds is 5. The highest BCUT2D eigenvalue weighted by Gasteiger charge is 2.18. The molecule has 6 nitrogen and oxygen atoms in total. The lowest BCUT2D eigenvalue weighted by Gasteiger charge is -2.20. The van der Waals surface area contributed by atoms with Crippen molar-refractivity contribution in [3.8, 4) is 0 Å². The van der Waals surface area contributed by atoms with Crippen molar-refractivity contribution in [2.45, 2.75) is 17.7 Å². The van der Waals surface area contributed by atoms with Crippen molar-refractivity contribution in [3.05, 3.63) is 42.5 Å². The van der Waals surface area contributed by atoms with E-state index in [4.69, 9.17) is 0 Å². The highest BCUT2D eigenvalue weighted by atomic mass is 35.5. The molecular weight excluding hydrogens is 374 g/mol. The zero-order valence-electron chi connectivity index (χ0n) is 14.5.